The van der Waals surface area contributed by atoms with Crippen molar-refractivity contribution in [3.63, 3.8) is 0 Å². The number of benzene rings is 1. The third-order valence-corrected chi connectivity index (χ3v) is 3.09. The Bertz CT molecular complexity index is 472. The SMILES string of the molecule is CC(CCC(=O)O)CNC(=O)c1cccc(N(C)C)c1. The van der Waals surface area contributed by atoms with Gasteiger partial charge in [-0.2, -0.15) is 0 Å². The molecule has 0 aliphatic rings. The molecule has 110 valence electrons. The van der Waals surface area contributed by atoms with Crippen LogP contribution in [0.1, 0.15) is 30.1 Å². The summed E-state index contributed by atoms with van der Waals surface area (Å²) in [5.74, 6) is -0.787. The number of aliphatic carboxylic acids is 1. The number of hydrogen-bond donors (Lipinski definition) is 2. The van der Waals surface area contributed by atoms with Crippen LogP contribution in [-0.2, 0) is 4.79 Å². The highest BCUT2D eigenvalue weighted by Gasteiger charge is 2.10. The van der Waals surface area contributed by atoms with Crippen LogP contribution in [0.15, 0.2) is 24.3 Å². The molecule has 1 amide bonds. The molecule has 0 spiro atoms. The van der Waals surface area contributed by atoms with Crippen LogP contribution in [-0.4, -0.2) is 37.6 Å². The Hall–Kier alpha value is -2.04. The molecule has 0 aromatic heterocycles. The Morgan fingerprint density at radius 3 is 2.65 bits per heavy atom. The van der Waals surface area contributed by atoms with Crippen LogP contribution in [0.4, 0.5) is 5.69 Å². The lowest BCUT2D eigenvalue weighted by atomic mass is 10.1. The topological polar surface area (TPSA) is 69.6 Å². The molecule has 1 rings (SSSR count). The maximum Gasteiger partial charge on any atom is 0.303 e. The van der Waals surface area contributed by atoms with Gasteiger partial charge in [-0.15, -0.1) is 0 Å². The van der Waals surface area contributed by atoms with Gasteiger partial charge in [0, 0.05) is 38.3 Å². The van der Waals surface area contributed by atoms with Gasteiger partial charge in [-0.25, -0.2) is 0 Å². The highest BCUT2D eigenvalue weighted by Crippen LogP contribution is 2.13. The van der Waals surface area contributed by atoms with Crippen molar-refractivity contribution in [1.29, 1.82) is 0 Å². The summed E-state index contributed by atoms with van der Waals surface area (Å²) >= 11 is 0. The Labute approximate surface area is 119 Å². The molecule has 1 aromatic rings. The summed E-state index contributed by atoms with van der Waals surface area (Å²) in [6, 6.07) is 7.38. The minimum absolute atomic E-state index is 0.129. The summed E-state index contributed by atoms with van der Waals surface area (Å²) in [5.41, 5.74) is 1.58. The van der Waals surface area contributed by atoms with Crippen molar-refractivity contribution < 1.29 is 14.7 Å². The van der Waals surface area contributed by atoms with Crippen LogP contribution in [0, 0.1) is 5.92 Å². The molecule has 0 aliphatic carbocycles. The number of rotatable bonds is 7. The monoisotopic (exact) mass is 278 g/mol. The number of nitrogens with one attached hydrogen (secondary N) is 1. The lowest BCUT2D eigenvalue weighted by Gasteiger charge is -2.14. The Kier molecular flexibility index (Phi) is 6.03. The predicted octanol–water partition coefficient (Wildman–Crippen LogP) is 1.98. The zero-order valence-electron chi connectivity index (χ0n) is 12.2. The summed E-state index contributed by atoms with van der Waals surface area (Å²) in [6.07, 6.45) is 0.695. The second-order valence-electron chi connectivity index (χ2n) is 5.19. The molecular formula is C15H22N2O3. The van der Waals surface area contributed by atoms with Crippen molar-refractivity contribution in [3.05, 3.63) is 29.8 Å². The maximum atomic E-state index is 12.0. The van der Waals surface area contributed by atoms with Crippen molar-refractivity contribution in [2.75, 3.05) is 25.5 Å². The van der Waals surface area contributed by atoms with Crippen molar-refractivity contribution in [2.24, 2.45) is 5.92 Å². The fraction of sp³-hybridized carbons (Fsp3) is 0.467. The van der Waals surface area contributed by atoms with Crippen LogP contribution in [0.3, 0.4) is 0 Å². The zero-order valence-corrected chi connectivity index (χ0v) is 12.2. The summed E-state index contributed by atoms with van der Waals surface area (Å²) in [7, 11) is 3.84. The number of amides is 1. The first-order valence-corrected chi connectivity index (χ1v) is 6.67. The van der Waals surface area contributed by atoms with E-state index < -0.39 is 5.97 Å². The normalized spacial score (nSPS) is 11.8. The molecule has 1 atom stereocenters. The highest BCUT2D eigenvalue weighted by molar-refractivity contribution is 5.95. The van der Waals surface area contributed by atoms with Gasteiger partial charge in [0.1, 0.15) is 0 Å². The molecule has 0 radical (unpaired) electrons. The first-order chi connectivity index (χ1) is 9.40. The van der Waals surface area contributed by atoms with Gasteiger partial charge in [0.25, 0.3) is 5.91 Å². The molecule has 1 unspecified atom stereocenters. The van der Waals surface area contributed by atoms with Gasteiger partial charge in [0.15, 0.2) is 0 Å². The smallest absolute Gasteiger partial charge is 0.303 e. The Morgan fingerprint density at radius 1 is 1.35 bits per heavy atom. The minimum atomic E-state index is -0.804. The van der Waals surface area contributed by atoms with E-state index in [2.05, 4.69) is 5.32 Å². The Morgan fingerprint density at radius 2 is 2.05 bits per heavy atom. The number of anilines is 1. The quantitative estimate of drug-likeness (QED) is 0.800. The fourth-order valence-corrected chi connectivity index (χ4v) is 1.77. The molecule has 2 N–H and O–H groups in total. The van der Waals surface area contributed by atoms with Crippen molar-refractivity contribution >= 4 is 17.6 Å². The van der Waals surface area contributed by atoms with E-state index in [1.165, 1.54) is 0 Å². The highest BCUT2D eigenvalue weighted by atomic mass is 16.4. The second kappa shape index (κ2) is 7.53. The number of carboxylic acid groups (broad SMARTS) is 1. The molecule has 0 bridgehead atoms. The van der Waals surface area contributed by atoms with E-state index in [0.29, 0.717) is 18.5 Å². The molecule has 0 saturated heterocycles. The van der Waals surface area contributed by atoms with E-state index in [-0.39, 0.29) is 18.2 Å². The van der Waals surface area contributed by atoms with E-state index in [4.69, 9.17) is 5.11 Å². The number of hydrogen-bond acceptors (Lipinski definition) is 3. The number of carboxylic acids is 1. The predicted molar refractivity (Wildman–Crippen MR) is 79.1 cm³/mol. The fourth-order valence-electron chi connectivity index (χ4n) is 1.77. The summed E-state index contributed by atoms with van der Waals surface area (Å²) in [4.78, 5) is 24.4. The van der Waals surface area contributed by atoms with Gasteiger partial charge in [-0.1, -0.05) is 13.0 Å². The van der Waals surface area contributed by atoms with Crippen LogP contribution in [0.5, 0.6) is 0 Å². The summed E-state index contributed by atoms with van der Waals surface area (Å²) in [6.45, 7) is 2.41. The van der Waals surface area contributed by atoms with E-state index in [1.807, 2.05) is 44.1 Å². The minimum Gasteiger partial charge on any atom is -0.481 e. The van der Waals surface area contributed by atoms with Crippen LogP contribution in [0.2, 0.25) is 0 Å². The molecule has 0 fully saturated rings. The first kappa shape index (κ1) is 16.0. The van der Waals surface area contributed by atoms with Gasteiger partial charge in [-0.3, -0.25) is 9.59 Å². The number of carbonyl (C=O) groups is 2. The van der Waals surface area contributed by atoms with Gasteiger partial charge in [0.2, 0.25) is 0 Å². The molecule has 1 aromatic carbocycles. The summed E-state index contributed by atoms with van der Waals surface area (Å²) in [5, 5.41) is 11.4. The maximum absolute atomic E-state index is 12.0. The van der Waals surface area contributed by atoms with Crippen LogP contribution < -0.4 is 10.2 Å². The molecule has 5 heteroatoms. The largest absolute Gasteiger partial charge is 0.481 e. The molecule has 0 aliphatic heterocycles. The lowest BCUT2D eigenvalue weighted by Crippen LogP contribution is -2.28. The number of carbonyl (C=O) groups excluding carboxylic acids is 1. The molecule has 0 saturated carbocycles. The van der Waals surface area contributed by atoms with E-state index in [9.17, 15) is 9.59 Å². The van der Waals surface area contributed by atoms with Crippen molar-refractivity contribution in [1.82, 2.24) is 5.32 Å². The van der Waals surface area contributed by atoms with E-state index in [0.717, 1.165) is 5.69 Å². The van der Waals surface area contributed by atoms with Gasteiger partial charge in [0.05, 0.1) is 0 Å². The third-order valence-electron chi connectivity index (χ3n) is 3.09. The summed E-state index contributed by atoms with van der Waals surface area (Å²) < 4.78 is 0. The average Bonchev–Trinajstić information content (AvgIpc) is 2.42. The molecular weight excluding hydrogens is 256 g/mol. The second-order valence-corrected chi connectivity index (χ2v) is 5.19. The van der Waals surface area contributed by atoms with Gasteiger partial charge >= 0.3 is 5.97 Å². The van der Waals surface area contributed by atoms with Crippen molar-refractivity contribution in [3.8, 4) is 0 Å². The number of nitrogens with zero attached hydrogens (tertiary/aromatic N) is 1. The van der Waals surface area contributed by atoms with Crippen LogP contribution >= 0.6 is 0 Å². The zero-order chi connectivity index (χ0) is 15.1. The molecule has 20 heavy (non-hydrogen) atoms. The van der Waals surface area contributed by atoms with Crippen molar-refractivity contribution in [2.45, 2.75) is 19.8 Å². The van der Waals surface area contributed by atoms with Crippen LogP contribution in [0.25, 0.3) is 0 Å². The standard InChI is InChI=1S/C15H22N2O3/c1-11(7-8-14(18)19)10-16-15(20)12-5-4-6-13(9-12)17(2)3/h4-6,9,11H,7-8,10H2,1-3H3,(H,16,20)(H,18,19). The lowest BCUT2D eigenvalue weighted by molar-refractivity contribution is -0.137. The van der Waals surface area contributed by atoms with E-state index >= 15 is 0 Å². The first-order valence-electron chi connectivity index (χ1n) is 6.67. The van der Waals surface area contributed by atoms with Gasteiger partial charge in [-0.05, 0) is 30.5 Å². The molecule has 0 heterocycles. The van der Waals surface area contributed by atoms with Gasteiger partial charge < -0.3 is 15.3 Å². The Balaban J connectivity index is 2.50. The van der Waals surface area contributed by atoms with E-state index in [1.54, 1.807) is 6.07 Å². The third kappa shape index (κ3) is 5.30. The average molecular weight is 278 g/mol. The molecule has 5 nitrogen and oxygen atoms in total.